The zero-order chi connectivity index (χ0) is 18.7. The molecule has 0 unspecified atom stereocenters. The minimum absolute atomic E-state index is 0.00279. The summed E-state index contributed by atoms with van der Waals surface area (Å²) in [4.78, 5) is 16.3. The SMILES string of the molecule is CN(C)[C@]1(c2ccccc2)CCN(C(=O)CCc2cc(Cl)no2)C[C@H]1O. The van der Waals surface area contributed by atoms with Crippen LogP contribution in [0.3, 0.4) is 0 Å². The number of aliphatic hydroxyl groups is 1. The molecule has 0 radical (unpaired) electrons. The van der Waals surface area contributed by atoms with Gasteiger partial charge in [0.05, 0.1) is 11.6 Å². The van der Waals surface area contributed by atoms with E-state index in [1.165, 1.54) is 0 Å². The molecular weight excluding hydrogens is 354 g/mol. The summed E-state index contributed by atoms with van der Waals surface area (Å²) in [7, 11) is 3.95. The van der Waals surface area contributed by atoms with E-state index in [2.05, 4.69) is 10.1 Å². The molecule has 1 saturated heterocycles. The lowest BCUT2D eigenvalue weighted by Gasteiger charge is -2.49. The Balaban J connectivity index is 1.67. The number of benzene rings is 1. The third-order valence-electron chi connectivity index (χ3n) is 5.25. The number of aryl methyl sites for hydroxylation is 1. The normalized spacial score (nSPS) is 23.4. The molecule has 2 heterocycles. The van der Waals surface area contributed by atoms with Gasteiger partial charge in [-0.2, -0.15) is 0 Å². The topological polar surface area (TPSA) is 69.8 Å². The predicted octanol–water partition coefficient (Wildman–Crippen LogP) is 2.31. The van der Waals surface area contributed by atoms with Gasteiger partial charge in [-0.1, -0.05) is 47.1 Å². The number of likely N-dealkylation sites (N-methyl/N-ethyl adjacent to an activating group) is 1. The Bertz CT molecular complexity index is 749. The van der Waals surface area contributed by atoms with Gasteiger partial charge in [0.2, 0.25) is 5.91 Å². The van der Waals surface area contributed by atoms with Crippen molar-refractivity contribution in [3.63, 3.8) is 0 Å². The molecule has 26 heavy (non-hydrogen) atoms. The Labute approximate surface area is 158 Å². The van der Waals surface area contributed by atoms with E-state index in [0.717, 1.165) is 5.56 Å². The first-order valence-corrected chi connectivity index (χ1v) is 9.11. The summed E-state index contributed by atoms with van der Waals surface area (Å²) in [6.07, 6.45) is 0.754. The smallest absolute Gasteiger partial charge is 0.223 e. The molecule has 7 heteroatoms. The summed E-state index contributed by atoms with van der Waals surface area (Å²) in [6.45, 7) is 0.906. The number of hydrogen-bond acceptors (Lipinski definition) is 5. The fraction of sp³-hybridized carbons (Fsp3) is 0.474. The van der Waals surface area contributed by atoms with Gasteiger partial charge in [-0.25, -0.2) is 0 Å². The lowest BCUT2D eigenvalue weighted by atomic mass is 9.77. The van der Waals surface area contributed by atoms with Gasteiger partial charge in [0.1, 0.15) is 5.76 Å². The van der Waals surface area contributed by atoms with Crippen LogP contribution in [-0.4, -0.2) is 59.3 Å². The lowest BCUT2D eigenvalue weighted by molar-refractivity contribution is -0.140. The fourth-order valence-corrected chi connectivity index (χ4v) is 3.94. The van der Waals surface area contributed by atoms with E-state index in [4.69, 9.17) is 16.1 Å². The van der Waals surface area contributed by atoms with E-state index < -0.39 is 11.6 Å². The van der Waals surface area contributed by atoms with E-state index in [9.17, 15) is 9.90 Å². The molecule has 1 fully saturated rings. The maximum atomic E-state index is 12.5. The third-order valence-corrected chi connectivity index (χ3v) is 5.43. The Hall–Kier alpha value is -1.89. The van der Waals surface area contributed by atoms with Gasteiger partial charge in [0.25, 0.3) is 0 Å². The van der Waals surface area contributed by atoms with E-state index >= 15 is 0 Å². The van der Waals surface area contributed by atoms with Crippen molar-refractivity contribution in [2.45, 2.75) is 30.9 Å². The van der Waals surface area contributed by atoms with Crippen LogP contribution in [0.15, 0.2) is 40.9 Å². The molecular formula is C19H24ClN3O3. The van der Waals surface area contributed by atoms with Crippen molar-refractivity contribution >= 4 is 17.5 Å². The number of carbonyl (C=O) groups excluding carboxylic acids is 1. The van der Waals surface area contributed by atoms with Gasteiger partial charge in [0.15, 0.2) is 5.15 Å². The average molecular weight is 378 g/mol. The number of nitrogens with zero attached hydrogens (tertiary/aromatic N) is 3. The van der Waals surface area contributed by atoms with Crippen molar-refractivity contribution in [2.75, 3.05) is 27.2 Å². The number of hydrogen-bond donors (Lipinski definition) is 1. The monoisotopic (exact) mass is 377 g/mol. The van der Waals surface area contributed by atoms with Gasteiger partial charge in [-0.15, -0.1) is 0 Å². The summed E-state index contributed by atoms with van der Waals surface area (Å²) in [6, 6.07) is 11.6. The van der Waals surface area contributed by atoms with Crippen molar-refractivity contribution in [3.05, 3.63) is 52.9 Å². The van der Waals surface area contributed by atoms with Gasteiger partial charge in [-0.3, -0.25) is 9.69 Å². The van der Waals surface area contributed by atoms with Crippen LogP contribution in [0.25, 0.3) is 0 Å². The number of aromatic nitrogens is 1. The van der Waals surface area contributed by atoms with Gasteiger partial charge >= 0.3 is 0 Å². The van der Waals surface area contributed by atoms with Crippen LogP contribution in [0.4, 0.5) is 0 Å². The largest absolute Gasteiger partial charge is 0.389 e. The average Bonchev–Trinajstić information content (AvgIpc) is 3.05. The summed E-state index contributed by atoms with van der Waals surface area (Å²) in [5.41, 5.74) is 0.581. The number of likely N-dealkylation sites (tertiary alicyclic amines) is 1. The maximum absolute atomic E-state index is 12.5. The first kappa shape index (κ1) is 18.9. The fourth-order valence-electron chi connectivity index (χ4n) is 3.79. The molecule has 0 bridgehead atoms. The Morgan fingerprint density at radius 3 is 2.73 bits per heavy atom. The van der Waals surface area contributed by atoms with E-state index in [1.54, 1.807) is 11.0 Å². The van der Waals surface area contributed by atoms with Crippen LogP contribution in [0.1, 0.15) is 24.2 Å². The molecule has 1 aromatic heterocycles. The molecule has 1 aliphatic rings. The molecule has 2 aromatic rings. The quantitative estimate of drug-likeness (QED) is 0.865. The summed E-state index contributed by atoms with van der Waals surface area (Å²) in [5, 5.41) is 14.9. The molecule has 3 rings (SSSR count). The molecule has 6 nitrogen and oxygen atoms in total. The zero-order valence-electron chi connectivity index (χ0n) is 15.1. The van der Waals surface area contributed by atoms with Crippen molar-refractivity contribution in [2.24, 2.45) is 0 Å². The summed E-state index contributed by atoms with van der Waals surface area (Å²) >= 11 is 5.72. The number of halogens is 1. The van der Waals surface area contributed by atoms with Gasteiger partial charge in [-0.05, 0) is 26.1 Å². The molecule has 1 aromatic carbocycles. The first-order valence-electron chi connectivity index (χ1n) is 8.73. The van der Waals surface area contributed by atoms with E-state index in [0.29, 0.717) is 43.3 Å². The highest BCUT2D eigenvalue weighted by atomic mass is 35.5. The Morgan fingerprint density at radius 2 is 2.15 bits per heavy atom. The second-order valence-corrected chi connectivity index (χ2v) is 7.29. The third kappa shape index (κ3) is 3.63. The minimum atomic E-state index is -0.669. The number of piperidine rings is 1. The van der Waals surface area contributed by atoms with Crippen molar-refractivity contribution in [3.8, 4) is 0 Å². The second kappa shape index (κ2) is 7.78. The van der Waals surface area contributed by atoms with Crippen LogP contribution in [0.2, 0.25) is 5.15 Å². The minimum Gasteiger partial charge on any atom is -0.389 e. The first-order chi connectivity index (χ1) is 12.4. The van der Waals surface area contributed by atoms with Crippen molar-refractivity contribution < 1.29 is 14.4 Å². The lowest BCUT2D eigenvalue weighted by Crippen LogP contribution is -2.60. The molecule has 1 aliphatic heterocycles. The van der Waals surface area contributed by atoms with E-state index in [1.807, 2.05) is 44.4 Å². The van der Waals surface area contributed by atoms with Gasteiger partial charge in [0, 0.05) is 32.0 Å². The zero-order valence-corrected chi connectivity index (χ0v) is 15.8. The number of rotatable bonds is 5. The highest BCUT2D eigenvalue weighted by Gasteiger charge is 2.46. The summed E-state index contributed by atoms with van der Waals surface area (Å²) in [5.74, 6) is 0.588. The van der Waals surface area contributed by atoms with Crippen molar-refractivity contribution in [1.29, 1.82) is 0 Å². The number of aliphatic hydroxyl groups excluding tert-OH is 1. The molecule has 0 saturated carbocycles. The standard InChI is InChI=1S/C19H24ClN3O3/c1-22(2)19(14-6-4-3-5-7-14)10-11-23(13-16(19)24)18(25)9-8-15-12-17(20)21-26-15/h3-7,12,16,24H,8-11,13H2,1-2H3/t16-,19+/m1/s1. The highest BCUT2D eigenvalue weighted by Crippen LogP contribution is 2.37. The van der Waals surface area contributed by atoms with Crippen LogP contribution in [-0.2, 0) is 16.8 Å². The molecule has 140 valence electrons. The molecule has 0 spiro atoms. The van der Waals surface area contributed by atoms with Crippen molar-refractivity contribution in [1.82, 2.24) is 15.0 Å². The van der Waals surface area contributed by atoms with E-state index in [-0.39, 0.29) is 5.91 Å². The van der Waals surface area contributed by atoms with Crippen LogP contribution in [0.5, 0.6) is 0 Å². The maximum Gasteiger partial charge on any atom is 0.223 e. The van der Waals surface area contributed by atoms with Crippen LogP contribution < -0.4 is 0 Å². The van der Waals surface area contributed by atoms with Crippen LogP contribution in [0, 0.1) is 0 Å². The van der Waals surface area contributed by atoms with Crippen LogP contribution >= 0.6 is 11.6 Å². The molecule has 0 aliphatic carbocycles. The molecule has 1 N–H and O–H groups in total. The Kier molecular flexibility index (Phi) is 5.65. The number of β-amino-alcohol motifs (C(OH)–C–C–N with tert-alkyl or cyclic N) is 1. The molecule has 1 amide bonds. The highest BCUT2D eigenvalue weighted by molar-refractivity contribution is 6.29. The van der Waals surface area contributed by atoms with Gasteiger partial charge < -0.3 is 14.5 Å². The summed E-state index contributed by atoms with van der Waals surface area (Å²) < 4.78 is 5.04. The molecule has 2 atom stereocenters. The Morgan fingerprint density at radius 1 is 1.42 bits per heavy atom. The number of amides is 1. The second-order valence-electron chi connectivity index (χ2n) is 6.91. The predicted molar refractivity (Wildman–Crippen MR) is 98.8 cm³/mol. The number of carbonyl (C=O) groups is 1.